The summed E-state index contributed by atoms with van der Waals surface area (Å²) in [5, 5.41) is 0. The average Bonchev–Trinajstić information content (AvgIpc) is 2.98. The molecule has 6 atom stereocenters. The van der Waals surface area contributed by atoms with E-state index in [1.165, 1.54) is 6.20 Å². The first-order chi connectivity index (χ1) is 15.0. The summed E-state index contributed by atoms with van der Waals surface area (Å²) in [6.45, 7) is 3.80. The van der Waals surface area contributed by atoms with Crippen LogP contribution in [0.15, 0.2) is 21.9 Å². The largest absolute Gasteiger partial charge is 0.475 e. The molecule has 0 radical (unpaired) electrons. The Morgan fingerprint density at radius 2 is 2.22 bits per heavy atom. The van der Waals surface area contributed by atoms with Gasteiger partial charge in [0.15, 0.2) is 6.23 Å². The summed E-state index contributed by atoms with van der Waals surface area (Å²) < 4.78 is 54.5. The summed E-state index contributed by atoms with van der Waals surface area (Å²) in [6.07, 6.45) is 1.23. The number of terminal acetylenes is 1. The Hall–Kier alpha value is -2.29. The van der Waals surface area contributed by atoms with E-state index in [0.717, 1.165) is 10.6 Å². The van der Waals surface area contributed by atoms with Gasteiger partial charge in [0, 0.05) is 12.3 Å². The molecule has 0 bridgehead atoms. The van der Waals surface area contributed by atoms with Crippen molar-refractivity contribution >= 4 is 13.8 Å². The number of nitrogens with one attached hydrogen (secondary N) is 1. The van der Waals surface area contributed by atoms with Gasteiger partial charge in [0.25, 0.3) is 5.56 Å². The Balaban J connectivity index is 1.71. The molecule has 11 nitrogen and oxygen atoms in total. The zero-order chi connectivity index (χ0) is 23.7. The van der Waals surface area contributed by atoms with E-state index in [9.17, 15) is 23.3 Å². The van der Waals surface area contributed by atoms with E-state index in [1.807, 2.05) is 0 Å². The number of halogens is 1. The van der Waals surface area contributed by atoms with Gasteiger partial charge < -0.3 is 9.47 Å². The first-order valence-electron chi connectivity index (χ1n) is 9.83. The Morgan fingerprint density at radius 3 is 2.84 bits per heavy atom. The first kappa shape index (κ1) is 24.4. The van der Waals surface area contributed by atoms with Crippen molar-refractivity contribution in [2.24, 2.45) is 5.41 Å². The molecule has 3 rings (SSSR count). The molecular formula is C19H24FN2O9P. The number of ether oxygens (including phenoxy) is 2. The number of hydrogen-bond donors (Lipinski definition) is 1. The molecular weight excluding hydrogens is 450 g/mol. The fourth-order valence-corrected chi connectivity index (χ4v) is 4.96. The van der Waals surface area contributed by atoms with Crippen LogP contribution in [0.5, 0.6) is 0 Å². The van der Waals surface area contributed by atoms with Crippen molar-refractivity contribution in [3.05, 3.63) is 33.1 Å². The SMILES string of the molecule is C#C[C@]1(C)[C@@H]2O[P@@](=O)(OC[C@H](F)CC(=O)OC(C)C)OC[C@H]2O[C@H]1n1ccc(=O)[nH]c1=O. The van der Waals surface area contributed by atoms with Crippen molar-refractivity contribution in [1.82, 2.24) is 9.55 Å². The summed E-state index contributed by atoms with van der Waals surface area (Å²) in [7, 11) is -4.25. The van der Waals surface area contributed by atoms with Crippen molar-refractivity contribution in [3.63, 3.8) is 0 Å². The van der Waals surface area contributed by atoms with Gasteiger partial charge in [-0.25, -0.2) is 13.8 Å². The molecule has 176 valence electrons. The molecule has 32 heavy (non-hydrogen) atoms. The van der Waals surface area contributed by atoms with E-state index >= 15 is 0 Å². The highest BCUT2D eigenvalue weighted by Gasteiger charge is 2.60. The molecule has 1 aromatic heterocycles. The molecule has 0 spiro atoms. The Bertz CT molecular complexity index is 1060. The van der Waals surface area contributed by atoms with Gasteiger partial charge in [-0.2, -0.15) is 0 Å². The Morgan fingerprint density at radius 1 is 1.50 bits per heavy atom. The number of nitrogens with zero attached hydrogens (tertiary/aromatic N) is 1. The second-order valence-electron chi connectivity index (χ2n) is 7.88. The monoisotopic (exact) mass is 474 g/mol. The lowest BCUT2D eigenvalue weighted by atomic mass is 9.83. The normalized spacial score (nSPS) is 32.8. The number of aromatic nitrogens is 2. The second kappa shape index (κ2) is 9.29. The van der Waals surface area contributed by atoms with Gasteiger partial charge in [-0.05, 0) is 20.8 Å². The maximum atomic E-state index is 14.1. The summed E-state index contributed by atoms with van der Waals surface area (Å²) in [5.74, 6) is 1.74. The summed E-state index contributed by atoms with van der Waals surface area (Å²) >= 11 is 0. The fourth-order valence-electron chi connectivity index (χ4n) is 3.45. The van der Waals surface area contributed by atoms with Crippen LogP contribution >= 0.6 is 7.82 Å². The van der Waals surface area contributed by atoms with E-state index in [4.69, 9.17) is 29.5 Å². The van der Waals surface area contributed by atoms with Gasteiger partial charge in [-0.15, -0.1) is 6.42 Å². The molecule has 3 heterocycles. The summed E-state index contributed by atoms with van der Waals surface area (Å²) in [6, 6.07) is 1.13. The number of esters is 1. The molecule has 2 aliphatic rings. The highest BCUT2D eigenvalue weighted by Crippen LogP contribution is 2.60. The third-order valence-electron chi connectivity index (χ3n) is 4.97. The average molecular weight is 474 g/mol. The van der Waals surface area contributed by atoms with Gasteiger partial charge in [0.1, 0.15) is 23.8 Å². The first-order valence-corrected chi connectivity index (χ1v) is 11.3. The highest BCUT2D eigenvalue weighted by atomic mass is 31.2. The lowest BCUT2D eigenvalue weighted by Crippen LogP contribution is -2.43. The van der Waals surface area contributed by atoms with Crippen LogP contribution in [-0.2, 0) is 32.4 Å². The number of carbonyl (C=O) groups is 1. The molecule has 2 fully saturated rings. The maximum absolute atomic E-state index is 14.1. The third-order valence-corrected chi connectivity index (χ3v) is 6.38. The predicted octanol–water partition coefficient (Wildman–Crippen LogP) is 1.29. The Kier molecular flexibility index (Phi) is 7.07. The second-order valence-corrected chi connectivity index (χ2v) is 9.50. The number of phosphoric acid groups is 1. The molecule has 0 aliphatic carbocycles. The van der Waals surface area contributed by atoms with Crippen LogP contribution in [0.1, 0.15) is 33.4 Å². The van der Waals surface area contributed by atoms with Crippen LogP contribution in [0, 0.1) is 17.8 Å². The van der Waals surface area contributed by atoms with Crippen LogP contribution in [0.2, 0.25) is 0 Å². The number of fused-ring (bicyclic) bond motifs is 1. The van der Waals surface area contributed by atoms with Gasteiger partial charge >= 0.3 is 19.5 Å². The molecule has 0 saturated carbocycles. The number of aromatic amines is 1. The minimum atomic E-state index is -4.25. The van der Waals surface area contributed by atoms with E-state index < -0.39 is 74.2 Å². The minimum absolute atomic E-state index is 0.264. The van der Waals surface area contributed by atoms with Crippen LogP contribution in [0.3, 0.4) is 0 Å². The Labute approximate surface area is 182 Å². The standard InChI is InChI=1S/C19H24FN2O9P/c1-5-19(4)16-13(30-17(19)22-7-6-14(23)21-18(22)25)10-28-32(26,31-16)27-9-12(20)8-15(24)29-11(2)3/h1,6-7,11-13,16-17H,8-10H2,2-4H3,(H,21,23,25)/t12-,13-,16-,17-,19-,32+/m1/s1. The zero-order valence-corrected chi connectivity index (χ0v) is 18.6. The van der Waals surface area contributed by atoms with Gasteiger partial charge in [-0.3, -0.25) is 32.7 Å². The number of carbonyl (C=O) groups excluding carboxylic acids is 1. The van der Waals surface area contributed by atoms with E-state index in [1.54, 1.807) is 20.8 Å². The highest BCUT2D eigenvalue weighted by molar-refractivity contribution is 7.48. The lowest BCUT2D eigenvalue weighted by Gasteiger charge is -2.35. The molecule has 13 heteroatoms. The van der Waals surface area contributed by atoms with Crippen molar-refractivity contribution in [2.75, 3.05) is 13.2 Å². The molecule has 0 aromatic carbocycles. The molecule has 1 aromatic rings. The third kappa shape index (κ3) is 5.03. The van der Waals surface area contributed by atoms with Crippen LogP contribution in [0.25, 0.3) is 0 Å². The summed E-state index contributed by atoms with van der Waals surface area (Å²) in [4.78, 5) is 37.2. The minimum Gasteiger partial charge on any atom is -0.463 e. The van der Waals surface area contributed by atoms with E-state index in [2.05, 4.69) is 10.9 Å². The van der Waals surface area contributed by atoms with Crippen LogP contribution in [-0.4, -0.2) is 53.2 Å². The number of hydrogen-bond acceptors (Lipinski definition) is 9. The zero-order valence-electron chi connectivity index (χ0n) is 17.7. The maximum Gasteiger partial charge on any atom is 0.475 e. The van der Waals surface area contributed by atoms with Crippen molar-refractivity contribution in [1.29, 1.82) is 0 Å². The summed E-state index contributed by atoms with van der Waals surface area (Å²) in [5.41, 5.74) is -2.66. The molecule has 0 amide bonds. The number of alkyl halides is 1. The fraction of sp³-hybridized carbons (Fsp3) is 0.632. The van der Waals surface area contributed by atoms with Crippen molar-refractivity contribution < 1.29 is 36.8 Å². The smallest absolute Gasteiger partial charge is 0.463 e. The van der Waals surface area contributed by atoms with Crippen LogP contribution in [0.4, 0.5) is 4.39 Å². The van der Waals surface area contributed by atoms with Gasteiger partial charge in [0.05, 0.1) is 25.7 Å². The van der Waals surface area contributed by atoms with E-state index in [-0.39, 0.29) is 6.61 Å². The van der Waals surface area contributed by atoms with Gasteiger partial charge in [0.2, 0.25) is 0 Å². The molecule has 1 N–H and O–H groups in total. The van der Waals surface area contributed by atoms with Crippen LogP contribution < -0.4 is 11.2 Å². The lowest BCUT2D eigenvalue weighted by molar-refractivity contribution is -0.149. The molecule has 2 aliphatic heterocycles. The number of H-pyrrole nitrogens is 1. The topological polar surface area (TPSA) is 135 Å². The number of rotatable bonds is 7. The van der Waals surface area contributed by atoms with Crippen molar-refractivity contribution in [3.8, 4) is 12.3 Å². The van der Waals surface area contributed by atoms with Crippen molar-refractivity contribution in [2.45, 2.75) is 57.9 Å². The van der Waals surface area contributed by atoms with Gasteiger partial charge in [-0.1, -0.05) is 5.92 Å². The predicted molar refractivity (Wildman–Crippen MR) is 107 cm³/mol. The quantitative estimate of drug-likeness (QED) is 0.352. The number of phosphoric ester groups is 1. The molecule has 2 saturated heterocycles. The van der Waals surface area contributed by atoms with E-state index in [0.29, 0.717) is 0 Å². The molecule has 0 unspecified atom stereocenters.